The van der Waals surface area contributed by atoms with Crippen LogP contribution in [0.15, 0.2) is 45.5 Å². The summed E-state index contributed by atoms with van der Waals surface area (Å²) in [4.78, 5) is 4.55. The Morgan fingerprint density at radius 1 is 1.13 bits per heavy atom. The first-order chi connectivity index (χ1) is 7.25. The van der Waals surface area contributed by atoms with Gasteiger partial charge in [0, 0.05) is 15.1 Å². The van der Waals surface area contributed by atoms with Crippen LogP contribution in [-0.4, -0.2) is 9.38 Å². The van der Waals surface area contributed by atoms with E-state index in [4.69, 9.17) is 0 Å². The summed E-state index contributed by atoms with van der Waals surface area (Å²) in [5.74, 6) is 0. The van der Waals surface area contributed by atoms with Gasteiger partial charge in [0.05, 0.1) is 5.52 Å². The minimum Gasteiger partial charge on any atom is -0.300 e. The maximum Gasteiger partial charge on any atom is 0.137 e. The van der Waals surface area contributed by atoms with E-state index in [2.05, 4.69) is 47.3 Å². The van der Waals surface area contributed by atoms with Crippen LogP contribution < -0.4 is 0 Å². The molecule has 0 unspecified atom stereocenters. The standard InChI is InChI=1S/C11H6Br2N2/c12-7-5-8(13)11-9(6-7)15-4-2-1-3-10(15)14-11/h1-6H. The second kappa shape index (κ2) is 3.32. The van der Waals surface area contributed by atoms with Crippen LogP contribution in [0.3, 0.4) is 0 Å². The summed E-state index contributed by atoms with van der Waals surface area (Å²) in [5.41, 5.74) is 3.06. The Labute approximate surface area is 103 Å². The lowest BCUT2D eigenvalue weighted by molar-refractivity contribution is 1.23. The summed E-state index contributed by atoms with van der Waals surface area (Å²) < 4.78 is 4.13. The van der Waals surface area contributed by atoms with Crippen molar-refractivity contribution in [2.24, 2.45) is 0 Å². The van der Waals surface area contributed by atoms with Gasteiger partial charge < -0.3 is 0 Å². The molecule has 4 heteroatoms. The number of benzene rings is 1. The Morgan fingerprint density at radius 3 is 2.87 bits per heavy atom. The summed E-state index contributed by atoms with van der Waals surface area (Å²) in [7, 11) is 0. The van der Waals surface area contributed by atoms with Gasteiger partial charge in [-0.2, -0.15) is 0 Å². The number of fused-ring (bicyclic) bond motifs is 3. The van der Waals surface area contributed by atoms with Crippen molar-refractivity contribution in [3.05, 3.63) is 45.5 Å². The van der Waals surface area contributed by atoms with Crippen LogP contribution in [0.4, 0.5) is 0 Å². The van der Waals surface area contributed by atoms with Crippen LogP contribution >= 0.6 is 31.9 Å². The van der Waals surface area contributed by atoms with Gasteiger partial charge in [-0.1, -0.05) is 22.0 Å². The van der Waals surface area contributed by atoms with E-state index in [1.54, 1.807) is 0 Å². The highest BCUT2D eigenvalue weighted by Crippen LogP contribution is 2.28. The Bertz CT molecular complexity index is 658. The van der Waals surface area contributed by atoms with E-state index >= 15 is 0 Å². The Morgan fingerprint density at radius 2 is 2.00 bits per heavy atom. The van der Waals surface area contributed by atoms with E-state index in [1.807, 2.05) is 30.5 Å². The lowest BCUT2D eigenvalue weighted by Gasteiger charge is -1.96. The topological polar surface area (TPSA) is 17.3 Å². The summed E-state index contributed by atoms with van der Waals surface area (Å²) in [6.45, 7) is 0. The van der Waals surface area contributed by atoms with Crippen LogP contribution in [-0.2, 0) is 0 Å². The maximum absolute atomic E-state index is 4.55. The number of halogens is 2. The normalized spacial score (nSPS) is 11.3. The van der Waals surface area contributed by atoms with Crippen molar-refractivity contribution in [1.82, 2.24) is 9.38 Å². The third-order valence-electron chi connectivity index (χ3n) is 2.33. The van der Waals surface area contributed by atoms with Crippen LogP contribution in [0.5, 0.6) is 0 Å². The molecule has 15 heavy (non-hydrogen) atoms. The predicted molar refractivity (Wildman–Crippen MR) is 68.1 cm³/mol. The van der Waals surface area contributed by atoms with Gasteiger partial charge in [-0.05, 0) is 40.2 Å². The van der Waals surface area contributed by atoms with E-state index < -0.39 is 0 Å². The quantitative estimate of drug-likeness (QED) is 0.610. The zero-order valence-corrected chi connectivity index (χ0v) is 10.8. The predicted octanol–water partition coefficient (Wildman–Crippen LogP) is 4.01. The number of hydrogen-bond donors (Lipinski definition) is 0. The van der Waals surface area contributed by atoms with Gasteiger partial charge in [-0.15, -0.1) is 0 Å². The molecule has 0 spiro atoms. The number of rotatable bonds is 0. The molecule has 0 aliphatic heterocycles. The molecule has 0 amide bonds. The molecular formula is C11H6Br2N2. The molecule has 0 bridgehead atoms. The minimum absolute atomic E-state index is 0.964. The number of imidazole rings is 1. The molecule has 0 saturated carbocycles. The van der Waals surface area contributed by atoms with E-state index in [1.165, 1.54) is 0 Å². The lowest BCUT2D eigenvalue weighted by atomic mass is 10.3. The molecule has 0 radical (unpaired) electrons. The molecule has 0 aliphatic carbocycles. The highest BCUT2D eigenvalue weighted by Gasteiger charge is 2.07. The van der Waals surface area contributed by atoms with Crippen molar-refractivity contribution >= 4 is 48.5 Å². The molecule has 74 valence electrons. The van der Waals surface area contributed by atoms with Crippen LogP contribution in [0.1, 0.15) is 0 Å². The van der Waals surface area contributed by atoms with Crippen LogP contribution in [0.2, 0.25) is 0 Å². The van der Waals surface area contributed by atoms with Crippen molar-refractivity contribution in [3.63, 3.8) is 0 Å². The van der Waals surface area contributed by atoms with Gasteiger partial charge >= 0.3 is 0 Å². The largest absolute Gasteiger partial charge is 0.300 e. The average Bonchev–Trinajstić information content (AvgIpc) is 2.57. The number of aromatic nitrogens is 2. The first-order valence-corrected chi connectivity index (χ1v) is 6.06. The fourth-order valence-electron chi connectivity index (χ4n) is 1.69. The van der Waals surface area contributed by atoms with E-state index in [0.29, 0.717) is 0 Å². The Balaban J connectivity index is 2.61. The molecule has 2 nitrogen and oxygen atoms in total. The van der Waals surface area contributed by atoms with Crippen molar-refractivity contribution < 1.29 is 0 Å². The van der Waals surface area contributed by atoms with Crippen LogP contribution in [0, 0.1) is 0 Å². The lowest BCUT2D eigenvalue weighted by Crippen LogP contribution is -1.81. The molecule has 0 aliphatic rings. The minimum atomic E-state index is 0.964. The Kier molecular flexibility index (Phi) is 2.07. The fourth-order valence-corrected chi connectivity index (χ4v) is 2.98. The third kappa shape index (κ3) is 1.40. The zero-order valence-electron chi connectivity index (χ0n) is 7.61. The van der Waals surface area contributed by atoms with Crippen molar-refractivity contribution in [3.8, 4) is 0 Å². The first-order valence-electron chi connectivity index (χ1n) is 4.47. The van der Waals surface area contributed by atoms with Crippen LogP contribution in [0.25, 0.3) is 16.7 Å². The smallest absolute Gasteiger partial charge is 0.137 e. The summed E-state index contributed by atoms with van der Waals surface area (Å²) in [6, 6.07) is 10.1. The molecule has 3 aromatic rings. The molecule has 0 saturated heterocycles. The molecule has 0 fully saturated rings. The molecule has 0 N–H and O–H groups in total. The summed E-state index contributed by atoms with van der Waals surface area (Å²) >= 11 is 7.00. The zero-order chi connectivity index (χ0) is 10.4. The third-order valence-corrected chi connectivity index (χ3v) is 3.39. The van der Waals surface area contributed by atoms with Crippen molar-refractivity contribution in [1.29, 1.82) is 0 Å². The van der Waals surface area contributed by atoms with Gasteiger partial charge in [0.25, 0.3) is 0 Å². The van der Waals surface area contributed by atoms with Gasteiger partial charge in [-0.25, -0.2) is 4.98 Å². The molecule has 2 heterocycles. The summed E-state index contributed by atoms with van der Waals surface area (Å²) in [5, 5.41) is 0. The number of nitrogens with zero attached hydrogens (tertiary/aromatic N) is 2. The Hall–Kier alpha value is -0.870. The van der Waals surface area contributed by atoms with Gasteiger partial charge in [0.15, 0.2) is 0 Å². The molecule has 1 aromatic carbocycles. The van der Waals surface area contributed by atoms with Gasteiger partial charge in [0.2, 0.25) is 0 Å². The highest BCUT2D eigenvalue weighted by molar-refractivity contribution is 9.11. The second-order valence-corrected chi connectivity index (χ2v) is 5.07. The molecule has 2 aromatic heterocycles. The molecular weight excluding hydrogens is 320 g/mol. The fraction of sp³-hybridized carbons (Fsp3) is 0. The van der Waals surface area contributed by atoms with Crippen molar-refractivity contribution in [2.75, 3.05) is 0 Å². The summed E-state index contributed by atoms with van der Waals surface area (Å²) in [6.07, 6.45) is 2.02. The van der Waals surface area contributed by atoms with E-state index in [-0.39, 0.29) is 0 Å². The van der Waals surface area contributed by atoms with E-state index in [9.17, 15) is 0 Å². The second-order valence-electron chi connectivity index (χ2n) is 3.30. The number of hydrogen-bond acceptors (Lipinski definition) is 1. The number of pyridine rings is 1. The van der Waals surface area contributed by atoms with E-state index in [0.717, 1.165) is 25.6 Å². The monoisotopic (exact) mass is 324 g/mol. The first kappa shape index (κ1) is 9.36. The molecule has 0 atom stereocenters. The SMILES string of the molecule is Brc1cc(Br)c2nc3ccccn3c2c1. The maximum atomic E-state index is 4.55. The average molecular weight is 326 g/mol. The van der Waals surface area contributed by atoms with Gasteiger partial charge in [-0.3, -0.25) is 4.40 Å². The van der Waals surface area contributed by atoms with Crippen molar-refractivity contribution in [2.45, 2.75) is 0 Å². The molecule has 3 rings (SSSR count). The highest BCUT2D eigenvalue weighted by atomic mass is 79.9. The van der Waals surface area contributed by atoms with Gasteiger partial charge in [0.1, 0.15) is 11.2 Å².